The third kappa shape index (κ3) is 4.23. The van der Waals surface area contributed by atoms with Crippen LogP contribution < -0.4 is 9.47 Å². The molecule has 1 atom stereocenters. The van der Waals surface area contributed by atoms with Crippen molar-refractivity contribution in [2.24, 2.45) is 0 Å². The summed E-state index contributed by atoms with van der Waals surface area (Å²) >= 11 is 0. The fourth-order valence-electron chi connectivity index (χ4n) is 2.54. The van der Waals surface area contributed by atoms with Crippen molar-refractivity contribution >= 4 is 0 Å². The van der Waals surface area contributed by atoms with Gasteiger partial charge in [-0.3, -0.25) is 0 Å². The van der Waals surface area contributed by atoms with Crippen LogP contribution in [-0.2, 0) is 12.8 Å². The Bertz CT molecular complexity index is 591. The highest BCUT2D eigenvalue weighted by molar-refractivity contribution is 5.35. The summed E-state index contributed by atoms with van der Waals surface area (Å²) in [6.07, 6.45) is 1.09. The second-order valence-corrected chi connectivity index (χ2v) is 5.51. The fourth-order valence-corrected chi connectivity index (χ4v) is 2.54. The minimum atomic E-state index is -0.846. The number of hydrogen-bond donors (Lipinski definition) is 1. The average molecular weight is 286 g/mol. The van der Waals surface area contributed by atoms with Crippen LogP contribution in [0.1, 0.15) is 18.1 Å². The van der Waals surface area contributed by atoms with Crippen LogP contribution in [0.25, 0.3) is 0 Å². The largest absolute Gasteiger partial charge is 0.497 e. The summed E-state index contributed by atoms with van der Waals surface area (Å²) in [7, 11) is 3.29. The Morgan fingerprint density at radius 3 is 2.43 bits per heavy atom. The van der Waals surface area contributed by atoms with Gasteiger partial charge in [-0.2, -0.15) is 0 Å². The number of para-hydroxylation sites is 1. The van der Waals surface area contributed by atoms with Crippen LogP contribution in [0.3, 0.4) is 0 Å². The maximum atomic E-state index is 10.7. The number of rotatable bonds is 6. The quantitative estimate of drug-likeness (QED) is 0.886. The lowest BCUT2D eigenvalue weighted by atomic mass is 9.89. The Labute approximate surface area is 126 Å². The van der Waals surface area contributed by atoms with Crippen LogP contribution in [-0.4, -0.2) is 24.9 Å². The molecule has 0 radical (unpaired) electrons. The number of benzene rings is 2. The lowest BCUT2D eigenvalue weighted by Gasteiger charge is -2.24. The first-order valence-electron chi connectivity index (χ1n) is 7.01. The van der Waals surface area contributed by atoms with E-state index in [1.165, 1.54) is 0 Å². The molecule has 0 aliphatic heterocycles. The second-order valence-electron chi connectivity index (χ2n) is 5.51. The molecule has 0 fully saturated rings. The molecule has 0 aliphatic carbocycles. The highest BCUT2D eigenvalue weighted by atomic mass is 16.5. The average Bonchev–Trinajstić information content (AvgIpc) is 2.47. The third-order valence-corrected chi connectivity index (χ3v) is 3.48. The van der Waals surface area contributed by atoms with E-state index in [1.807, 2.05) is 55.5 Å². The van der Waals surface area contributed by atoms with Crippen molar-refractivity contribution in [1.29, 1.82) is 0 Å². The molecule has 0 spiro atoms. The molecule has 2 aromatic carbocycles. The number of hydrogen-bond acceptors (Lipinski definition) is 3. The van der Waals surface area contributed by atoms with E-state index < -0.39 is 5.60 Å². The molecule has 0 saturated heterocycles. The molecule has 3 nitrogen and oxygen atoms in total. The van der Waals surface area contributed by atoms with Gasteiger partial charge in [0.05, 0.1) is 19.8 Å². The predicted molar refractivity (Wildman–Crippen MR) is 84.0 cm³/mol. The predicted octanol–water partition coefficient (Wildman–Crippen LogP) is 3.24. The molecule has 0 bridgehead atoms. The van der Waals surface area contributed by atoms with Gasteiger partial charge in [-0.15, -0.1) is 0 Å². The molecule has 0 aliphatic rings. The lowest BCUT2D eigenvalue weighted by Crippen LogP contribution is -2.30. The molecule has 21 heavy (non-hydrogen) atoms. The van der Waals surface area contributed by atoms with Gasteiger partial charge < -0.3 is 14.6 Å². The molecule has 3 heteroatoms. The van der Waals surface area contributed by atoms with Gasteiger partial charge in [0, 0.05) is 12.8 Å². The summed E-state index contributed by atoms with van der Waals surface area (Å²) < 4.78 is 10.6. The van der Waals surface area contributed by atoms with Crippen molar-refractivity contribution in [2.75, 3.05) is 14.2 Å². The molecule has 112 valence electrons. The van der Waals surface area contributed by atoms with Crippen molar-refractivity contribution < 1.29 is 14.6 Å². The Hall–Kier alpha value is -2.00. The van der Waals surface area contributed by atoms with Crippen LogP contribution in [0.15, 0.2) is 48.5 Å². The van der Waals surface area contributed by atoms with Gasteiger partial charge in [0.1, 0.15) is 11.5 Å². The van der Waals surface area contributed by atoms with E-state index in [-0.39, 0.29) is 0 Å². The zero-order chi connectivity index (χ0) is 15.3. The minimum Gasteiger partial charge on any atom is -0.497 e. The topological polar surface area (TPSA) is 38.7 Å². The van der Waals surface area contributed by atoms with Crippen molar-refractivity contribution in [1.82, 2.24) is 0 Å². The molecular weight excluding hydrogens is 264 g/mol. The molecule has 0 amide bonds. The molecule has 2 aromatic rings. The monoisotopic (exact) mass is 286 g/mol. The van der Waals surface area contributed by atoms with E-state index in [0.717, 1.165) is 22.6 Å². The van der Waals surface area contributed by atoms with Gasteiger partial charge in [-0.1, -0.05) is 30.3 Å². The molecule has 0 aromatic heterocycles. The van der Waals surface area contributed by atoms with E-state index in [2.05, 4.69) is 0 Å². The summed E-state index contributed by atoms with van der Waals surface area (Å²) in [4.78, 5) is 0. The lowest BCUT2D eigenvalue weighted by molar-refractivity contribution is 0.0601. The number of methoxy groups -OCH3 is 2. The van der Waals surface area contributed by atoms with Crippen LogP contribution in [0.2, 0.25) is 0 Å². The minimum absolute atomic E-state index is 0.536. The summed E-state index contributed by atoms with van der Waals surface area (Å²) in [5, 5.41) is 10.7. The van der Waals surface area contributed by atoms with Crippen LogP contribution in [0.4, 0.5) is 0 Å². The number of ether oxygens (including phenoxy) is 2. The van der Waals surface area contributed by atoms with Crippen molar-refractivity contribution in [3.8, 4) is 11.5 Å². The summed E-state index contributed by atoms with van der Waals surface area (Å²) in [5.74, 6) is 1.61. The maximum absolute atomic E-state index is 10.7. The highest BCUT2D eigenvalue weighted by Gasteiger charge is 2.23. The molecule has 0 heterocycles. The first-order valence-corrected chi connectivity index (χ1v) is 7.01. The van der Waals surface area contributed by atoms with Gasteiger partial charge in [0.25, 0.3) is 0 Å². The Kier molecular flexibility index (Phi) is 4.86. The second kappa shape index (κ2) is 6.64. The smallest absolute Gasteiger partial charge is 0.122 e. The number of aliphatic hydroxyl groups is 1. The van der Waals surface area contributed by atoms with E-state index in [1.54, 1.807) is 14.2 Å². The Balaban J connectivity index is 2.14. The van der Waals surface area contributed by atoms with Crippen LogP contribution in [0.5, 0.6) is 11.5 Å². The van der Waals surface area contributed by atoms with Crippen molar-refractivity contribution in [3.63, 3.8) is 0 Å². The standard InChI is InChI=1S/C18H22O3/c1-18(19,12-14-7-6-9-16(11-14)20-2)13-15-8-4-5-10-17(15)21-3/h4-11,19H,12-13H2,1-3H3. The highest BCUT2D eigenvalue weighted by Crippen LogP contribution is 2.26. The molecule has 2 rings (SSSR count). The van der Waals surface area contributed by atoms with Gasteiger partial charge in [-0.25, -0.2) is 0 Å². The Morgan fingerprint density at radius 1 is 0.952 bits per heavy atom. The summed E-state index contributed by atoms with van der Waals surface area (Å²) in [6, 6.07) is 15.6. The summed E-state index contributed by atoms with van der Waals surface area (Å²) in [5.41, 5.74) is 1.21. The van der Waals surface area contributed by atoms with E-state index in [4.69, 9.17) is 9.47 Å². The molecule has 1 unspecified atom stereocenters. The van der Waals surface area contributed by atoms with Crippen LogP contribution >= 0.6 is 0 Å². The molecule has 0 saturated carbocycles. The van der Waals surface area contributed by atoms with Crippen molar-refractivity contribution in [2.45, 2.75) is 25.4 Å². The van der Waals surface area contributed by atoms with Crippen LogP contribution in [0, 0.1) is 0 Å². The SMILES string of the molecule is COc1cccc(CC(C)(O)Cc2ccccc2OC)c1. The zero-order valence-corrected chi connectivity index (χ0v) is 12.8. The molecular formula is C18H22O3. The third-order valence-electron chi connectivity index (χ3n) is 3.48. The van der Waals surface area contributed by atoms with Gasteiger partial charge in [-0.05, 0) is 36.2 Å². The van der Waals surface area contributed by atoms with E-state index >= 15 is 0 Å². The first kappa shape index (κ1) is 15.4. The summed E-state index contributed by atoms with van der Waals surface area (Å²) in [6.45, 7) is 1.85. The van der Waals surface area contributed by atoms with Gasteiger partial charge in [0.15, 0.2) is 0 Å². The normalized spacial score (nSPS) is 13.5. The van der Waals surface area contributed by atoms with Crippen molar-refractivity contribution in [3.05, 3.63) is 59.7 Å². The Morgan fingerprint density at radius 2 is 1.71 bits per heavy atom. The molecule has 1 N–H and O–H groups in total. The van der Waals surface area contributed by atoms with Gasteiger partial charge >= 0.3 is 0 Å². The van der Waals surface area contributed by atoms with E-state index in [0.29, 0.717) is 12.8 Å². The maximum Gasteiger partial charge on any atom is 0.122 e. The fraction of sp³-hybridized carbons (Fsp3) is 0.333. The first-order chi connectivity index (χ1) is 10.0. The van der Waals surface area contributed by atoms with E-state index in [9.17, 15) is 5.11 Å². The zero-order valence-electron chi connectivity index (χ0n) is 12.8. The van der Waals surface area contributed by atoms with Gasteiger partial charge in [0.2, 0.25) is 0 Å².